The quantitative estimate of drug-likeness (QED) is 0.859. The van der Waals surface area contributed by atoms with Crippen LogP contribution in [0.4, 0.5) is 10.6 Å². The summed E-state index contributed by atoms with van der Waals surface area (Å²) >= 11 is 0. The molecule has 2 heterocycles. The largest absolute Gasteiger partial charge is 0.444 e. The minimum atomic E-state index is -0.485. The molecule has 1 aliphatic heterocycles. The van der Waals surface area contributed by atoms with Crippen molar-refractivity contribution in [2.75, 3.05) is 12.4 Å². The lowest BCUT2D eigenvalue weighted by Gasteiger charge is -2.27. The summed E-state index contributed by atoms with van der Waals surface area (Å²) in [6, 6.07) is 0.00338. The predicted molar refractivity (Wildman–Crippen MR) is 83.4 cm³/mol. The summed E-state index contributed by atoms with van der Waals surface area (Å²) in [5.41, 5.74) is 3.95. The van der Waals surface area contributed by atoms with Crippen molar-refractivity contribution < 1.29 is 9.53 Å². The zero-order valence-corrected chi connectivity index (χ0v) is 14.0. The Hall–Kier alpha value is -1.78. The zero-order chi connectivity index (χ0) is 15.9. The van der Waals surface area contributed by atoms with E-state index in [0.717, 1.165) is 22.6 Å². The number of amides is 1. The van der Waals surface area contributed by atoms with Crippen molar-refractivity contribution in [2.24, 2.45) is 0 Å². The van der Waals surface area contributed by atoms with E-state index in [1.165, 1.54) is 5.56 Å². The molecule has 1 aromatic rings. The lowest BCUT2D eigenvalue weighted by molar-refractivity contribution is 0.0187. The molecule has 0 aromatic carbocycles. The molecule has 5 heteroatoms. The number of aryl methyl sites for hydroxylation is 1. The van der Waals surface area contributed by atoms with Crippen molar-refractivity contribution in [3.63, 3.8) is 0 Å². The Labute approximate surface area is 126 Å². The highest BCUT2D eigenvalue weighted by atomic mass is 16.6. The fourth-order valence-corrected chi connectivity index (χ4v) is 2.81. The van der Waals surface area contributed by atoms with Crippen molar-refractivity contribution >= 4 is 11.9 Å². The highest BCUT2D eigenvalue weighted by molar-refractivity contribution is 5.72. The Kier molecular flexibility index (Phi) is 3.87. The van der Waals surface area contributed by atoms with Crippen LogP contribution in [-0.2, 0) is 11.3 Å². The number of nitrogens with zero attached hydrogens (tertiary/aromatic N) is 2. The summed E-state index contributed by atoms with van der Waals surface area (Å²) < 4.78 is 5.51. The van der Waals surface area contributed by atoms with Gasteiger partial charge in [0.1, 0.15) is 11.4 Å². The van der Waals surface area contributed by atoms with E-state index < -0.39 is 5.60 Å². The number of hydrogen-bond donors (Lipinski definition) is 1. The molecule has 1 amide bonds. The highest BCUT2D eigenvalue weighted by Gasteiger charge is 2.36. The summed E-state index contributed by atoms with van der Waals surface area (Å²) in [6.07, 6.45) is -0.273. The second-order valence-corrected chi connectivity index (χ2v) is 6.60. The Morgan fingerprint density at radius 1 is 1.38 bits per heavy atom. The first kappa shape index (κ1) is 15.6. The molecular weight excluding hydrogens is 266 g/mol. The fraction of sp³-hybridized carbons (Fsp3) is 0.625. The smallest absolute Gasteiger partial charge is 0.411 e. The standard InChI is InChI=1S/C16H25N3O2/c1-9-10(2)18-14(17-7)12-8-19(11(3)13(9)12)15(20)21-16(4,5)6/h11H,8H2,1-7H3,(H,17,18). The molecule has 21 heavy (non-hydrogen) atoms. The molecule has 0 aliphatic carbocycles. The molecule has 1 atom stereocenters. The molecular formula is C16H25N3O2. The second kappa shape index (κ2) is 5.20. The van der Waals surface area contributed by atoms with Gasteiger partial charge >= 0.3 is 6.09 Å². The number of hydrogen-bond acceptors (Lipinski definition) is 4. The molecule has 0 radical (unpaired) electrons. The Bertz CT molecular complexity index is 576. The van der Waals surface area contributed by atoms with Crippen LogP contribution in [-0.4, -0.2) is 28.6 Å². The third-order valence-corrected chi connectivity index (χ3v) is 3.92. The first-order valence-electron chi connectivity index (χ1n) is 7.33. The van der Waals surface area contributed by atoms with Gasteiger partial charge in [0.05, 0.1) is 12.6 Å². The number of aromatic nitrogens is 1. The lowest BCUT2D eigenvalue weighted by Crippen LogP contribution is -2.35. The van der Waals surface area contributed by atoms with Crippen molar-refractivity contribution in [3.8, 4) is 0 Å². The molecule has 0 bridgehead atoms. The summed E-state index contributed by atoms with van der Waals surface area (Å²) in [6.45, 7) is 12.3. The van der Waals surface area contributed by atoms with Crippen LogP contribution >= 0.6 is 0 Å². The number of nitrogens with one attached hydrogen (secondary N) is 1. The molecule has 116 valence electrons. The molecule has 0 saturated carbocycles. The maximum absolute atomic E-state index is 12.4. The minimum Gasteiger partial charge on any atom is -0.444 e. The Morgan fingerprint density at radius 2 is 2.00 bits per heavy atom. The van der Waals surface area contributed by atoms with E-state index in [1.807, 2.05) is 41.7 Å². The third-order valence-electron chi connectivity index (χ3n) is 3.92. The predicted octanol–water partition coefficient (Wildman–Crippen LogP) is 3.55. The van der Waals surface area contributed by atoms with Gasteiger partial charge in [-0.3, -0.25) is 4.90 Å². The number of carbonyl (C=O) groups excluding carboxylic acids is 1. The van der Waals surface area contributed by atoms with Crippen molar-refractivity contribution in [1.29, 1.82) is 0 Å². The van der Waals surface area contributed by atoms with Crippen LogP contribution in [0.15, 0.2) is 0 Å². The average molecular weight is 291 g/mol. The molecule has 0 fully saturated rings. The molecule has 5 nitrogen and oxygen atoms in total. The SMILES string of the molecule is CNc1nc(C)c(C)c2c1CN(C(=O)OC(C)(C)C)C2C. The van der Waals surface area contributed by atoms with Crippen LogP contribution < -0.4 is 5.32 Å². The van der Waals surface area contributed by atoms with Crippen LogP contribution in [0.1, 0.15) is 56.1 Å². The normalized spacial score (nSPS) is 17.7. The maximum atomic E-state index is 12.4. The average Bonchev–Trinajstić information content (AvgIpc) is 2.70. The number of fused-ring (bicyclic) bond motifs is 1. The van der Waals surface area contributed by atoms with E-state index in [-0.39, 0.29) is 12.1 Å². The number of rotatable bonds is 1. The number of carbonyl (C=O) groups is 1. The Balaban J connectivity index is 2.38. The van der Waals surface area contributed by atoms with Crippen LogP contribution in [0.25, 0.3) is 0 Å². The van der Waals surface area contributed by atoms with Gasteiger partial charge in [-0.05, 0) is 52.7 Å². The molecule has 0 saturated heterocycles. The van der Waals surface area contributed by atoms with Gasteiger partial charge in [0.25, 0.3) is 0 Å². The molecule has 1 aliphatic rings. The van der Waals surface area contributed by atoms with Crippen molar-refractivity contribution in [1.82, 2.24) is 9.88 Å². The molecule has 1 aromatic heterocycles. The van der Waals surface area contributed by atoms with Gasteiger partial charge in [-0.2, -0.15) is 0 Å². The zero-order valence-electron chi connectivity index (χ0n) is 14.0. The summed E-state index contributed by atoms with van der Waals surface area (Å²) in [5, 5.41) is 3.13. The third kappa shape index (κ3) is 2.82. The fourth-order valence-electron chi connectivity index (χ4n) is 2.81. The summed E-state index contributed by atoms with van der Waals surface area (Å²) in [4.78, 5) is 18.7. The van der Waals surface area contributed by atoms with Gasteiger partial charge in [-0.25, -0.2) is 9.78 Å². The summed E-state index contributed by atoms with van der Waals surface area (Å²) in [5.74, 6) is 0.853. The van der Waals surface area contributed by atoms with Gasteiger partial charge in [0.15, 0.2) is 0 Å². The molecule has 2 rings (SSSR count). The molecule has 1 N–H and O–H groups in total. The van der Waals surface area contributed by atoms with E-state index in [0.29, 0.717) is 6.54 Å². The number of ether oxygens (including phenoxy) is 1. The van der Waals surface area contributed by atoms with Gasteiger partial charge < -0.3 is 10.1 Å². The summed E-state index contributed by atoms with van der Waals surface area (Å²) in [7, 11) is 1.86. The topological polar surface area (TPSA) is 54.5 Å². The van der Waals surface area contributed by atoms with Crippen molar-refractivity contribution in [3.05, 3.63) is 22.4 Å². The van der Waals surface area contributed by atoms with Crippen molar-refractivity contribution in [2.45, 2.75) is 59.7 Å². The van der Waals surface area contributed by atoms with E-state index in [4.69, 9.17) is 4.74 Å². The minimum absolute atomic E-state index is 0.00338. The highest BCUT2D eigenvalue weighted by Crippen LogP contribution is 2.40. The number of anilines is 1. The van der Waals surface area contributed by atoms with Gasteiger partial charge in [-0.15, -0.1) is 0 Å². The molecule has 1 unspecified atom stereocenters. The van der Waals surface area contributed by atoms with E-state index in [2.05, 4.69) is 17.2 Å². The lowest BCUT2D eigenvalue weighted by atomic mass is 9.99. The first-order chi connectivity index (χ1) is 9.65. The Morgan fingerprint density at radius 3 is 2.52 bits per heavy atom. The van der Waals surface area contributed by atoms with Gasteiger partial charge in [-0.1, -0.05) is 0 Å². The first-order valence-corrected chi connectivity index (χ1v) is 7.33. The monoisotopic (exact) mass is 291 g/mol. The van der Waals surface area contributed by atoms with Gasteiger partial charge in [0.2, 0.25) is 0 Å². The number of pyridine rings is 1. The molecule has 0 spiro atoms. The van der Waals surface area contributed by atoms with E-state index >= 15 is 0 Å². The van der Waals surface area contributed by atoms with Crippen LogP contribution in [0.3, 0.4) is 0 Å². The van der Waals surface area contributed by atoms with Crippen LogP contribution in [0.5, 0.6) is 0 Å². The van der Waals surface area contributed by atoms with E-state index in [9.17, 15) is 4.79 Å². The maximum Gasteiger partial charge on any atom is 0.411 e. The van der Waals surface area contributed by atoms with Crippen LogP contribution in [0.2, 0.25) is 0 Å². The second-order valence-electron chi connectivity index (χ2n) is 6.60. The van der Waals surface area contributed by atoms with E-state index in [1.54, 1.807) is 4.90 Å². The van der Waals surface area contributed by atoms with Crippen LogP contribution in [0, 0.1) is 13.8 Å². The van der Waals surface area contributed by atoms with Gasteiger partial charge in [0, 0.05) is 18.3 Å².